The lowest BCUT2D eigenvalue weighted by Crippen LogP contribution is -2.11. The fraction of sp³-hybridized carbons (Fsp3) is 0.533. The molecule has 0 unspecified atom stereocenters. The van der Waals surface area contributed by atoms with E-state index in [1.165, 1.54) is 0 Å². The van der Waals surface area contributed by atoms with Crippen LogP contribution < -0.4 is 14.2 Å². The molecule has 0 spiro atoms. The first-order valence-corrected chi connectivity index (χ1v) is 7.44. The van der Waals surface area contributed by atoms with Crippen LogP contribution in [-0.2, 0) is 9.53 Å². The molecule has 5 nitrogen and oxygen atoms in total. The molecule has 1 aliphatic heterocycles. The fourth-order valence-electron chi connectivity index (χ4n) is 2.51. The molecule has 21 heavy (non-hydrogen) atoms. The van der Waals surface area contributed by atoms with Crippen molar-refractivity contribution in [3.8, 4) is 17.2 Å². The number of methoxy groups -OCH3 is 3. The summed E-state index contributed by atoms with van der Waals surface area (Å²) in [5, 5.41) is 0. The van der Waals surface area contributed by atoms with Crippen LogP contribution >= 0.6 is 15.9 Å². The molecule has 0 aromatic heterocycles. The van der Waals surface area contributed by atoms with Crippen LogP contribution in [0.2, 0.25) is 0 Å². The molecule has 0 amide bonds. The minimum atomic E-state index is -0.337. The van der Waals surface area contributed by atoms with Crippen LogP contribution in [0, 0.1) is 11.8 Å². The van der Waals surface area contributed by atoms with E-state index in [4.69, 9.17) is 18.9 Å². The van der Waals surface area contributed by atoms with Crippen LogP contribution in [0.25, 0.3) is 0 Å². The molecule has 1 aromatic carbocycles. The van der Waals surface area contributed by atoms with Crippen molar-refractivity contribution >= 4 is 21.9 Å². The van der Waals surface area contributed by atoms with Crippen molar-refractivity contribution in [3.05, 3.63) is 16.1 Å². The van der Waals surface area contributed by atoms with Crippen molar-refractivity contribution < 1.29 is 23.7 Å². The zero-order valence-electron chi connectivity index (χ0n) is 12.7. The molecule has 0 aliphatic carbocycles. The Kier molecular flexibility index (Phi) is 4.66. The van der Waals surface area contributed by atoms with Gasteiger partial charge in [0, 0.05) is 11.5 Å². The lowest BCUT2D eigenvalue weighted by atomic mass is 9.90. The molecule has 0 bridgehead atoms. The van der Waals surface area contributed by atoms with Gasteiger partial charge in [0.05, 0.1) is 31.7 Å². The number of esters is 1. The average molecular weight is 359 g/mol. The van der Waals surface area contributed by atoms with Crippen LogP contribution in [-0.4, -0.2) is 27.3 Å². The first-order chi connectivity index (χ1) is 9.96. The van der Waals surface area contributed by atoms with Crippen LogP contribution in [0.1, 0.15) is 25.5 Å². The van der Waals surface area contributed by atoms with Gasteiger partial charge in [0.2, 0.25) is 5.75 Å². The Labute approximate surface area is 132 Å². The summed E-state index contributed by atoms with van der Waals surface area (Å²) in [5.74, 6) is 1.30. The molecule has 2 rings (SSSR count). The topological polar surface area (TPSA) is 54.0 Å². The van der Waals surface area contributed by atoms with Gasteiger partial charge in [0.1, 0.15) is 6.10 Å². The van der Waals surface area contributed by atoms with E-state index in [9.17, 15) is 4.79 Å². The van der Waals surface area contributed by atoms with E-state index in [1.54, 1.807) is 21.3 Å². The number of hydrogen-bond acceptors (Lipinski definition) is 5. The van der Waals surface area contributed by atoms with Gasteiger partial charge in [-0.2, -0.15) is 0 Å². The Morgan fingerprint density at radius 3 is 2.14 bits per heavy atom. The van der Waals surface area contributed by atoms with Crippen molar-refractivity contribution in [2.24, 2.45) is 11.8 Å². The highest BCUT2D eigenvalue weighted by atomic mass is 79.9. The summed E-state index contributed by atoms with van der Waals surface area (Å²) in [7, 11) is 4.66. The van der Waals surface area contributed by atoms with Crippen molar-refractivity contribution in [2.45, 2.75) is 20.0 Å². The smallest absolute Gasteiger partial charge is 0.309 e. The number of carbonyl (C=O) groups excluding carboxylic acids is 1. The molecule has 1 heterocycles. The Morgan fingerprint density at radius 1 is 1.10 bits per heavy atom. The van der Waals surface area contributed by atoms with Crippen LogP contribution in [0.15, 0.2) is 10.5 Å². The number of halogens is 1. The van der Waals surface area contributed by atoms with Crippen LogP contribution in [0.4, 0.5) is 0 Å². The first-order valence-electron chi connectivity index (χ1n) is 6.65. The molecule has 0 N–H and O–H groups in total. The molecular formula is C15H19BrO5. The highest BCUT2D eigenvalue weighted by Crippen LogP contribution is 2.50. The van der Waals surface area contributed by atoms with Crippen molar-refractivity contribution in [2.75, 3.05) is 21.3 Å². The van der Waals surface area contributed by atoms with Crippen molar-refractivity contribution in [1.82, 2.24) is 0 Å². The van der Waals surface area contributed by atoms with Gasteiger partial charge in [0.15, 0.2) is 11.5 Å². The molecule has 0 saturated carbocycles. The summed E-state index contributed by atoms with van der Waals surface area (Å²) >= 11 is 3.52. The third-order valence-electron chi connectivity index (χ3n) is 3.99. The van der Waals surface area contributed by atoms with Gasteiger partial charge in [0.25, 0.3) is 0 Å². The number of benzene rings is 1. The van der Waals surface area contributed by atoms with Crippen LogP contribution in [0.3, 0.4) is 0 Å². The molecule has 116 valence electrons. The standard InChI is InChI=1S/C15H19BrO5/c1-7-8(2)15(17)21-12(7)9-6-10(18-3)13(19-4)14(20-5)11(9)16/h6-8,12H,1-5H3/t7-,8+,12+/m1/s1. The maximum absolute atomic E-state index is 11.8. The average Bonchev–Trinajstić information content (AvgIpc) is 2.74. The molecule has 1 aliphatic rings. The maximum atomic E-state index is 11.8. The van der Waals surface area contributed by atoms with Crippen molar-refractivity contribution in [3.63, 3.8) is 0 Å². The highest BCUT2D eigenvalue weighted by Gasteiger charge is 2.41. The predicted octanol–water partition coefficient (Wildman–Crippen LogP) is 3.35. The Morgan fingerprint density at radius 2 is 1.71 bits per heavy atom. The number of rotatable bonds is 4. The van der Waals surface area contributed by atoms with E-state index in [2.05, 4.69) is 15.9 Å². The number of ether oxygens (including phenoxy) is 4. The maximum Gasteiger partial charge on any atom is 0.309 e. The highest BCUT2D eigenvalue weighted by molar-refractivity contribution is 9.10. The molecule has 1 saturated heterocycles. The van der Waals surface area contributed by atoms with E-state index >= 15 is 0 Å². The lowest BCUT2D eigenvalue weighted by Gasteiger charge is -2.21. The van der Waals surface area contributed by atoms with E-state index in [0.29, 0.717) is 21.7 Å². The van der Waals surface area contributed by atoms with Gasteiger partial charge in [-0.15, -0.1) is 0 Å². The van der Waals surface area contributed by atoms with E-state index < -0.39 is 0 Å². The summed E-state index contributed by atoms with van der Waals surface area (Å²) in [6, 6.07) is 1.82. The number of hydrogen-bond donors (Lipinski definition) is 0. The molecule has 0 radical (unpaired) electrons. The number of cyclic esters (lactones) is 1. The second-order valence-corrected chi connectivity index (χ2v) is 5.85. The fourth-order valence-corrected chi connectivity index (χ4v) is 3.19. The predicted molar refractivity (Wildman–Crippen MR) is 81.0 cm³/mol. The minimum absolute atomic E-state index is 0.0663. The van der Waals surface area contributed by atoms with Gasteiger partial charge < -0.3 is 18.9 Å². The summed E-state index contributed by atoms with van der Waals surface area (Å²) in [6.45, 7) is 3.87. The summed E-state index contributed by atoms with van der Waals surface area (Å²) in [6.07, 6.45) is -0.337. The normalized spacial score (nSPS) is 24.7. The van der Waals surface area contributed by atoms with E-state index in [-0.39, 0.29) is 23.9 Å². The van der Waals surface area contributed by atoms with Gasteiger partial charge in [-0.3, -0.25) is 4.79 Å². The van der Waals surface area contributed by atoms with Gasteiger partial charge in [-0.1, -0.05) is 13.8 Å². The molecule has 3 atom stereocenters. The largest absolute Gasteiger partial charge is 0.493 e. The summed E-state index contributed by atoms with van der Waals surface area (Å²) < 4.78 is 22.3. The quantitative estimate of drug-likeness (QED) is 0.772. The summed E-state index contributed by atoms with van der Waals surface area (Å²) in [5.41, 5.74) is 0.815. The minimum Gasteiger partial charge on any atom is -0.493 e. The Bertz CT molecular complexity index is 557. The van der Waals surface area contributed by atoms with Gasteiger partial charge in [-0.25, -0.2) is 0 Å². The summed E-state index contributed by atoms with van der Waals surface area (Å²) in [4.78, 5) is 11.8. The molecule has 1 fully saturated rings. The van der Waals surface area contributed by atoms with E-state index in [0.717, 1.165) is 5.56 Å². The molecule has 1 aromatic rings. The molecular weight excluding hydrogens is 340 g/mol. The molecule has 6 heteroatoms. The third kappa shape index (κ3) is 2.57. The number of carbonyl (C=O) groups is 1. The second-order valence-electron chi connectivity index (χ2n) is 5.05. The van der Waals surface area contributed by atoms with Crippen LogP contribution in [0.5, 0.6) is 17.2 Å². The Balaban J connectivity index is 2.57. The first kappa shape index (κ1) is 15.9. The van der Waals surface area contributed by atoms with Crippen molar-refractivity contribution in [1.29, 1.82) is 0 Å². The van der Waals surface area contributed by atoms with E-state index in [1.807, 2.05) is 19.9 Å². The zero-order chi connectivity index (χ0) is 15.7. The Hall–Kier alpha value is -1.43. The third-order valence-corrected chi connectivity index (χ3v) is 4.80. The monoisotopic (exact) mass is 358 g/mol. The second kappa shape index (κ2) is 6.13. The van der Waals surface area contributed by atoms with Gasteiger partial charge in [-0.05, 0) is 22.0 Å². The van der Waals surface area contributed by atoms with Gasteiger partial charge >= 0.3 is 5.97 Å². The zero-order valence-corrected chi connectivity index (χ0v) is 14.3. The SMILES string of the molecule is COc1cc([C@H]2OC(=O)[C@@H](C)[C@H]2C)c(Br)c(OC)c1OC. The lowest BCUT2D eigenvalue weighted by molar-refractivity contribution is -0.144.